The summed E-state index contributed by atoms with van der Waals surface area (Å²) < 4.78 is 11.7. The number of hydrogen-bond donors (Lipinski definition) is 0. The highest BCUT2D eigenvalue weighted by molar-refractivity contribution is 5.85. The standard InChI is InChI=1S/C13H16N4O3/c1-4-20-13(18)12-16-15-9(2)17(12)8-10-5-6-14-11(7-10)19-3/h5-7H,4,8H2,1-3H3. The molecule has 0 aliphatic rings. The molecule has 0 unspecified atom stereocenters. The molecule has 0 aromatic carbocycles. The van der Waals surface area contributed by atoms with Crippen LogP contribution >= 0.6 is 0 Å². The molecular formula is C13H16N4O3. The van der Waals surface area contributed by atoms with Crippen LogP contribution in [0.2, 0.25) is 0 Å². The van der Waals surface area contributed by atoms with Gasteiger partial charge in [0.05, 0.1) is 20.3 Å². The number of ether oxygens (including phenoxy) is 2. The minimum atomic E-state index is -0.478. The van der Waals surface area contributed by atoms with Gasteiger partial charge in [0.15, 0.2) is 0 Å². The van der Waals surface area contributed by atoms with E-state index < -0.39 is 5.97 Å². The van der Waals surface area contributed by atoms with Gasteiger partial charge in [-0.1, -0.05) is 0 Å². The number of aromatic nitrogens is 4. The van der Waals surface area contributed by atoms with E-state index in [1.165, 1.54) is 0 Å². The van der Waals surface area contributed by atoms with E-state index >= 15 is 0 Å². The van der Waals surface area contributed by atoms with Crippen LogP contribution in [0.1, 0.15) is 28.9 Å². The number of esters is 1. The topological polar surface area (TPSA) is 79.1 Å². The van der Waals surface area contributed by atoms with Gasteiger partial charge in [0.2, 0.25) is 11.7 Å². The van der Waals surface area contributed by atoms with Crippen LogP contribution in [0.3, 0.4) is 0 Å². The second-order valence-corrected chi connectivity index (χ2v) is 4.08. The van der Waals surface area contributed by atoms with Crippen LogP contribution in [-0.4, -0.2) is 39.4 Å². The number of nitrogens with zero attached hydrogens (tertiary/aromatic N) is 4. The summed E-state index contributed by atoms with van der Waals surface area (Å²) in [7, 11) is 1.56. The molecule has 7 nitrogen and oxygen atoms in total. The summed E-state index contributed by atoms with van der Waals surface area (Å²) in [4.78, 5) is 15.9. The number of aryl methyl sites for hydroxylation is 1. The Labute approximate surface area is 116 Å². The number of pyridine rings is 1. The summed E-state index contributed by atoms with van der Waals surface area (Å²) >= 11 is 0. The van der Waals surface area contributed by atoms with Crippen LogP contribution in [0.15, 0.2) is 18.3 Å². The molecular weight excluding hydrogens is 260 g/mol. The van der Waals surface area contributed by atoms with E-state index in [0.29, 0.717) is 24.9 Å². The van der Waals surface area contributed by atoms with Crippen molar-refractivity contribution in [3.8, 4) is 5.88 Å². The minimum Gasteiger partial charge on any atom is -0.481 e. The summed E-state index contributed by atoms with van der Waals surface area (Å²) in [6.07, 6.45) is 1.65. The molecule has 0 aliphatic heterocycles. The third-order valence-electron chi connectivity index (χ3n) is 2.74. The lowest BCUT2D eigenvalue weighted by molar-refractivity contribution is 0.0506. The zero-order chi connectivity index (χ0) is 14.5. The van der Waals surface area contributed by atoms with Crippen molar-refractivity contribution >= 4 is 5.97 Å². The SMILES string of the molecule is CCOC(=O)c1nnc(C)n1Cc1ccnc(OC)c1. The van der Waals surface area contributed by atoms with E-state index in [2.05, 4.69) is 15.2 Å². The van der Waals surface area contributed by atoms with Crippen LogP contribution in [0.25, 0.3) is 0 Å². The minimum absolute atomic E-state index is 0.195. The Hall–Kier alpha value is -2.44. The van der Waals surface area contributed by atoms with Crippen molar-refractivity contribution in [2.24, 2.45) is 0 Å². The Kier molecular flexibility index (Phi) is 4.29. The van der Waals surface area contributed by atoms with E-state index in [0.717, 1.165) is 5.56 Å². The van der Waals surface area contributed by atoms with E-state index in [9.17, 15) is 4.79 Å². The van der Waals surface area contributed by atoms with Gasteiger partial charge in [-0.25, -0.2) is 9.78 Å². The normalized spacial score (nSPS) is 10.3. The second-order valence-electron chi connectivity index (χ2n) is 4.08. The quantitative estimate of drug-likeness (QED) is 0.764. The Morgan fingerprint density at radius 2 is 2.20 bits per heavy atom. The van der Waals surface area contributed by atoms with Crippen molar-refractivity contribution < 1.29 is 14.3 Å². The highest BCUT2D eigenvalue weighted by Crippen LogP contribution is 2.12. The maximum atomic E-state index is 11.8. The fraction of sp³-hybridized carbons (Fsp3) is 0.385. The van der Waals surface area contributed by atoms with Crippen LogP contribution < -0.4 is 4.74 Å². The van der Waals surface area contributed by atoms with Gasteiger partial charge in [0.1, 0.15) is 5.82 Å². The van der Waals surface area contributed by atoms with Crippen LogP contribution in [0.4, 0.5) is 0 Å². The zero-order valence-corrected chi connectivity index (χ0v) is 11.7. The van der Waals surface area contributed by atoms with Gasteiger partial charge in [-0.05, 0) is 25.5 Å². The molecule has 0 fully saturated rings. The summed E-state index contributed by atoms with van der Waals surface area (Å²) in [5, 5.41) is 7.79. The molecule has 0 radical (unpaired) electrons. The van der Waals surface area contributed by atoms with Gasteiger partial charge < -0.3 is 14.0 Å². The van der Waals surface area contributed by atoms with E-state index in [-0.39, 0.29) is 5.82 Å². The predicted octanol–water partition coefficient (Wildman–Crippen LogP) is 1.22. The molecule has 0 amide bonds. The predicted molar refractivity (Wildman–Crippen MR) is 70.6 cm³/mol. The van der Waals surface area contributed by atoms with Crippen molar-refractivity contribution in [1.82, 2.24) is 19.7 Å². The second kappa shape index (κ2) is 6.14. The number of methoxy groups -OCH3 is 1. The molecule has 2 rings (SSSR count). The molecule has 106 valence electrons. The lowest BCUT2D eigenvalue weighted by atomic mass is 10.2. The third-order valence-corrected chi connectivity index (χ3v) is 2.74. The first-order valence-corrected chi connectivity index (χ1v) is 6.21. The zero-order valence-electron chi connectivity index (χ0n) is 11.7. The maximum Gasteiger partial charge on any atom is 0.376 e. The summed E-state index contributed by atoms with van der Waals surface area (Å²) in [6.45, 7) is 4.28. The van der Waals surface area contributed by atoms with Crippen molar-refractivity contribution in [2.75, 3.05) is 13.7 Å². The summed E-state index contributed by atoms with van der Waals surface area (Å²) in [6, 6.07) is 3.64. The molecule has 0 saturated heterocycles. The van der Waals surface area contributed by atoms with E-state index in [1.807, 2.05) is 6.07 Å². The first kappa shape index (κ1) is 14.0. The smallest absolute Gasteiger partial charge is 0.376 e. The molecule has 0 N–H and O–H groups in total. The van der Waals surface area contributed by atoms with Crippen LogP contribution in [-0.2, 0) is 11.3 Å². The number of hydrogen-bond acceptors (Lipinski definition) is 6. The molecule has 2 heterocycles. The van der Waals surface area contributed by atoms with Crippen LogP contribution in [0, 0.1) is 6.92 Å². The Balaban J connectivity index is 2.28. The highest BCUT2D eigenvalue weighted by atomic mass is 16.5. The lowest BCUT2D eigenvalue weighted by Crippen LogP contribution is -2.15. The number of carbonyl (C=O) groups is 1. The van der Waals surface area contributed by atoms with Gasteiger partial charge >= 0.3 is 5.97 Å². The fourth-order valence-electron chi connectivity index (χ4n) is 1.76. The Bertz CT molecular complexity index is 609. The molecule has 20 heavy (non-hydrogen) atoms. The van der Waals surface area contributed by atoms with Gasteiger partial charge in [0, 0.05) is 12.3 Å². The molecule has 2 aromatic rings. The van der Waals surface area contributed by atoms with Crippen molar-refractivity contribution in [1.29, 1.82) is 0 Å². The van der Waals surface area contributed by atoms with Gasteiger partial charge in [-0.3, -0.25) is 0 Å². The molecule has 0 atom stereocenters. The average Bonchev–Trinajstić information content (AvgIpc) is 2.81. The number of rotatable bonds is 5. The number of carbonyl (C=O) groups excluding carboxylic acids is 1. The van der Waals surface area contributed by atoms with Crippen LogP contribution in [0.5, 0.6) is 5.88 Å². The molecule has 2 aromatic heterocycles. The first-order chi connectivity index (χ1) is 9.65. The van der Waals surface area contributed by atoms with Gasteiger partial charge in [-0.2, -0.15) is 0 Å². The monoisotopic (exact) mass is 276 g/mol. The molecule has 0 spiro atoms. The fourth-order valence-corrected chi connectivity index (χ4v) is 1.76. The summed E-state index contributed by atoms with van der Waals surface area (Å²) in [5.41, 5.74) is 0.935. The average molecular weight is 276 g/mol. The van der Waals surface area contributed by atoms with E-state index in [4.69, 9.17) is 9.47 Å². The van der Waals surface area contributed by atoms with Crippen molar-refractivity contribution in [3.05, 3.63) is 35.5 Å². The first-order valence-electron chi connectivity index (χ1n) is 6.21. The maximum absolute atomic E-state index is 11.8. The van der Waals surface area contributed by atoms with Crippen molar-refractivity contribution in [2.45, 2.75) is 20.4 Å². The lowest BCUT2D eigenvalue weighted by Gasteiger charge is -2.08. The van der Waals surface area contributed by atoms with E-state index in [1.54, 1.807) is 37.8 Å². The highest BCUT2D eigenvalue weighted by Gasteiger charge is 2.18. The third kappa shape index (κ3) is 2.93. The Morgan fingerprint density at radius 1 is 1.40 bits per heavy atom. The van der Waals surface area contributed by atoms with Gasteiger partial charge in [0.25, 0.3) is 0 Å². The van der Waals surface area contributed by atoms with Gasteiger partial charge in [-0.15, -0.1) is 10.2 Å². The molecule has 0 bridgehead atoms. The largest absolute Gasteiger partial charge is 0.481 e. The summed E-state index contributed by atoms with van der Waals surface area (Å²) in [5.74, 6) is 0.879. The van der Waals surface area contributed by atoms with Crippen molar-refractivity contribution in [3.63, 3.8) is 0 Å². The molecule has 0 aliphatic carbocycles. The molecule has 0 saturated carbocycles. The molecule has 7 heteroatoms. The Morgan fingerprint density at radius 3 is 2.90 bits per heavy atom.